The molecule has 6 heteroatoms. The van der Waals surface area contributed by atoms with Crippen molar-refractivity contribution < 1.29 is 28.6 Å². The van der Waals surface area contributed by atoms with Crippen molar-refractivity contribution in [3.63, 3.8) is 0 Å². The largest absolute Gasteiger partial charge is 0.462 e. The summed E-state index contributed by atoms with van der Waals surface area (Å²) in [6.45, 7) is 6.45. The van der Waals surface area contributed by atoms with Crippen molar-refractivity contribution in [2.24, 2.45) is 0 Å². The van der Waals surface area contributed by atoms with Crippen LogP contribution >= 0.6 is 0 Å². The highest BCUT2D eigenvalue weighted by atomic mass is 16.6. The summed E-state index contributed by atoms with van der Waals surface area (Å²) in [5, 5.41) is 0. The fourth-order valence-electron chi connectivity index (χ4n) is 7.38. The van der Waals surface area contributed by atoms with Gasteiger partial charge >= 0.3 is 17.9 Å². The van der Waals surface area contributed by atoms with E-state index in [0.29, 0.717) is 19.3 Å². The first kappa shape index (κ1) is 64.1. The number of ether oxygens (including phenoxy) is 3. The molecule has 0 aromatic carbocycles. The smallest absolute Gasteiger partial charge is 0.306 e. The van der Waals surface area contributed by atoms with Gasteiger partial charge in [0, 0.05) is 19.3 Å². The Morgan fingerprint density at radius 3 is 0.897 bits per heavy atom. The Hall–Kier alpha value is -3.93. The zero-order valence-corrected chi connectivity index (χ0v) is 44.1. The van der Waals surface area contributed by atoms with Crippen molar-refractivity contribution in [3.8, 4) is 0 Å². The van der Waals surface area contributed by atoms with Crippen LogP contribution in [0.2, 0.25) is 0 Å². The molecule has 0 aliphatic rings. The number of carbonyl (C=O) groups is 3. The van der Waals surface area contributed by atoms with Crippen LogP contribution in [0, 0.1) is 0 Å². The monoisotopic (exact) mass is 943 g/mol. The predicted molar refractivity (Wildman–Crippen MR) is 293 cm³/mol. The van der Waals surface area contributed by atoms with Crippen LogP contribution in [0.5, 0.6) is 0 Å². The van der Waals surface area contributed by atoms with E-state index in [1.54, 1.807) is 0 Å². The highest BCUT2D eigenvalue weighted by molar-refractivity contribution is 5.71. The molecule has 0 radical (unpaired) electrons. The minimum absolute atomic E-state index is 0.0939. The molecule has 0 saturated heterocycles. The summed E-state index contributed by atoms with van der Waals surface area (Å²) >= 11 is 0. The van der Waals surface area contributed by atoms with E-state index in [1.165, 1.54) is 96.3 Å². The number of esters is 3. The number of hydrogen-bond acceptors (Lipinski definition) is 6. The molecule has 0 heterocycles. The lowest BCUT2D eigenvalue weighted by Crippen LogP contribution is -2.30. The number of unbranched alkanes of at least 4 members (excludes halogenated alkanes) is 20. The minimum atomic E-state index is -0.797. The van der Waals surface area contributed by atoms with E-state index >= 15 is 0 Å². The topological polar surface area (TPSA) is 78.9 Å². The first-order chi connectivity index (χ1) is 33.5. The molecule has 0 aliphatic heterocycles. The molecule has 0 fully saturated rings. The Labute approximate surface area is 419 Å². The van der Waals surface area contributed by atoms with Gasteiger partial charge in [0.25, 0.3) is 0 Å². The summed E-state index contributed by atoms with van der Waals surface area (Å²) in [4.78, 5) is 37.9. The van der Waals surface area contributed by atoms with E-state index in [9.17, 15) is 14.4 Å². The van der Waals surface area contributed by atoms with Gasteiger partial charge < -0.3 is 14.2 Å². The van der Waals surface area contributed by atoms with Gasteiger partial charge in [-0.25, -0.2) is 0 Å². The molecule has 0 aliphatic carbocycles. The zero-order chi connectivity index (χ0) is 49.3. The molecule has 6 nitrogen and oxygen atoms in total. The quantitative estimate of drug-likeness (QED) is 0.0262. The number of allylic oxidation sites excluding steroid dienone is 18. The van der Waals surface area contributed by atoms with Crippen LogP contribution in [0.4, 0.5) is 0 Å². The Morgan fingerprint density at radius 2 is 0.574 bits per heavy atom. The molecular weight excluding hydrogens is 841 g/mol. The van der Waals surface area contributed by atoms with Gasteiger partial charge in [0.2, 0.25) is 0 Å². The summed E-state index contributed by atoms with van der Waals surface area (Å²) in [5.41, 5.74) is 0. The maximum absolute atomic E-state index is 12.8. The van der Waals surface area contributed by atoms with Crippen molar-refractivity contribution in [1.82, 2.24) is 0 Å². The third kappa shape index (κ3) is 53.0. The fourth-order valence-corrected chi connectivity index (χ4v) is 7.38. The first-order valence-corrected chi connectivity index (χ1v) is 27.9. The molecule has 0 rings (SSSR count). The summed E-state index contributed by atoms with van der Waals surface area (Å²) < 4.78 is 16.7. The van der Waals surface area contributed by atoms with Gasteiger partial charge in [-0.3, -0.25) is 14.4 Å². The van der Waals surface area contributed by atoms with Gasteiger partial charge in [-0.1, -0.05) is 252 Å². The summed E-state index contributed by atoms with van der Waals surface area (Å²) in [5.74, 6) is -0.960. The molecule has 0 aromatic heterocycles. The van der Waals surface area contributed by atoms with Crippen molar-refractivity contribution >= 4 is 17.9 Å². The molecule has 0 bridgehead atoms. The minimum Gasteiger partial charge on any atom is -0.462 e. The molecule has 386 valence electrons. The van der Waals surface area contributed by atoms with Crippen LogP contribution in [0.3, 0.4) is 0 Å². The van der Waals surface area contributed by atoms with E-state index in [2.05, 4.69) is 130 Å². The summed E-state index contributed by atoms with van der Waals surface area (Å²) in [6.07, 6.45) is 75.2. The van der Waals surface area contributed by atoms with Crippen molar-refractivity contribution in [2.75, 3.05) is 13.2 Å². The molecule has 1 unspecified atom stereocenters. The Bertz CT molecular complexity index is 1410. The van der Waals surface area contributed by atoms with Gasteiger partial charge in [-0.2, -0.15) is 0 Å². The van der Waals surface area contributed by atoms with Gasteiger partial charge in [-0.05, 0) is 83.5 Å². The molecule has 68 heavy (non-hydrogen) atoms. The molecule has 0 N–H and O–H groups in total. The fraction of sp³-hybridized carbons (Fsp3) is 0.661. The lowest BCUT2D eigenvalue weighted by molar-refractivity contribution is -0.167. The predicted octanol–water partition coefficient (Wildman–Crippen LogP) is 18.7. The second-order valence-corrected chi connectivity index (χ2v) is 18.1. The highest BCUT2D eigenvalue weighted by Gasteiger charge is 2.19. The lowest BCUT2D eigenvalue weighted by atomic mass is 10.1. The Morgan fingerprint density at radius 1 is 0.309 bits per heavy atom. The van der Waals surface area contributed by atoms with Gasteiger partial charge in [0.1, 0.15) is 13.2 Å². The lowest BCUT2D eigenvalue weighted by Gasteiger charge is -2.18. The normalized spacial score (nSPS) is 12.9. The van der Waals surface area contributed by atoms with Crippen LogP contribution < -0.4 is 0 Å². The zero-order valence-electron chi connectivity index (χ0n) is 44.1. The Kier molecular flexibility index (Phi) is 52.4. The van der Waals surface area contributed by atoms with Gasteiger partial charge in [-0.15, -0.1) is 0 Å². The maximum Gasteiger partial charge on any atom is 0.306 e. The van der Waals surface area contributed by atoms with Crippen molar-refractivity contribution in [1.29, 1.82) is 0 Å². The van der Waals surface area contributed by atoms with E-state index in [-0.39, 0.29) is 37.5 Å². The second kappa shape index (κ2) is 55.7. The van der Waals surface area contributed by atoms with Crippen LogP contribution in [0.15, 0.2) is 109 Å². The molecule has 0 aromatic rings. The Balaban J connectivity index is 4.33. The van der Waals surface area contributed by atoms with Crippen molar-refractivity contribution in [2.45, 2.75) is 252 Å². The van der Waals surface area contributed by atoms with Gasteiger partial charge in [0.05, 0.1) is 0 Å². The SMILES string of the molecule is CC/C=C\C/C=C\C/C=C\C/C=C\C/C=C\C/C=C\C/C=C\C/C=C\C/C=C\CCCC(=O)OCC(COC(=O)CCCCCCCCCCCC)OC(=O)CCCCCCCCCCCCC. The third-order valence-electron chi connectivity index (χ3n) is 11.5. The van der Waals surface area contributed by atoms with Crippen molar-refractivity contribution in [3.05, 3.63) is 109 Å². The molecule has 0 amide bonds. The molecule has 1 atom stereocenters. The van der Waals surface area contributed by atoms with E-state index in [0.717, 1.165) is 103 Å². The number of rotatable bonds is 49. The highest BCUT2D eigenvalue weighted by Crippen LogP contribution is 2.14. The van der Waals surface area contributed by atoms with E-state index < -0.39 is 6.10 Å². The van der Waals surface area contributed by atoms with Crippen LogP contribution in [0.25, 0.3) is 0 Å². The molecule has 0 spiro atoms. The average molecular weight is 943 g/mol. The van der Waals surface area contributed by atoms with Crippen LogP contribution in [0.1, 0.15) is 245 Å². The summed E-state index contributed by atoms with van der Waals surface area (Å²) in [6, 6.07) is 0. The van der Waals surface area contributed by atoms with E-state index in [4.69, 9.17) is 14.2 Å². The molecular formula is C62H102O6. The number of hydrogen-bond donors (Lipinski definition) is 0. The molecule has 0 saturated carbocycles. The van der Waals surface area contributed by atoms with Crippen LogP contribution in [-0.4, -0.2) is 37.2 Å². The summed E-state index contributed by atoms with van der Waals surface area (Å²) in [7, 11) is 0. The van der Waals surface area contributed by atoms with Gasteiger partial charge in [0.15, 0.2) is 6.10 Å². The number of carbonyl (C=O) groups excluding carboxylic acids is 3. The van der Waals surface area contributed by atoms with E-state index in [1.807, 2.05) is 0 Å². The van der Waals surface area contributed by atoms with Crippen LogP contribution in [-0.2, 0) is 28.6 Å². The maximum atomic E-state index is 12.8. The third-order valence-corrected chi connectivity index (χ3v) is 11.5. The first-order valence-electron chi connectivity index (χ1n) is 27.9. The average Bonchev–Trinajstić information content (AvgIpc) is 3.34. The second-order valence-electron chi connectivity index (χ2n) is 18.1. The standard InChI is InChI=1S/C62H102O6/c1-4-7-10-13-16-19-22-23-24-25-26-27-28-29-30-31-32-33-34-35-36-37-38-39-41-43-46-49-52-55-61(64)67-58-59(57-66-60(63)54-51-48-45-42-21-18-15-12-9-6-3)68-62(65)56-53-50-47-44-40-20-17-14-11-8-5-2/h7,10,16,19,23-24,26-27,29-30,32-33,35-36,38-39,43,46,59H,4-6,8-9,11-15,17-18,20-22,25,28,31,34,37,40-42,44-45,47-58H2,1-3H3/b10-7-,19-16-,24-23-,27-26-,30-29-,33-32-,36-35-,39-38-,46-43-.